The van der Waals surface area contributed by atoms with E-state index in [1.807, 2.05) is 6.92 Å². The molecule has 2 fully saturated rings. The number of rotatable bonds is 6. The highest BCUT2D eigenvalue weighted by atomic mass is 32.2. The fraction of sp³-hybridized carbons (Fsp3) is 0.579. The number of ether oxygens (including phenoxy) is 3. The number of carbonyl (C=O) groups is 1. The molecule has 0 N–H and O–H groups in total. The standard InChI is InChI=1S/C19H24N2O8S/c1-2-9-26-17(22)13-21-15-4-3-14(12-16(15)29-18(21)23)30(24,25)20-7-5-19(6-8-20)27-10-11-28-19/h3-4,12H,2,5-11,13H2,1H3. The van der Waals surface area contributed by atoms with E-state index in [1.54, 1.807) is 0 Å². The third-order valence-corrected chi connectivity index (χ3v) is 7.22. The molecule has 2 saturated heterocycles. The first-order valence-corrected chi connectivity index (χ1v) is 11.4. The molecule has 1 aromatic heterocycles. The van der Waals surface area contributed by atoms with Gasteiger partial charge in [-0.1, -0.05) is 6.92 Å². The van der Waals surface area contributed by atoms with Gasteiger partial charge in [-0.25, -0.2) is 13.2 Å². The fourth-order valence-corrected chi connectivity index (χ4v) is 5.21. The van der Waals surface area contributed by atoms with E-state index >= 15 is 0 Å². The molecule has 0 atom stereocenters. The van der Waals surface area contributed by atoms with E-state index in [4.69, 9.17) is 18.6 Å². The molecule has 1 spiro atoms. The Morgan fingerprint density at radius 1 is 1.20 bits per heavy atom. The summed E-state index contributed by atoms with van der Waals surface area (Å²) in [5.41, 5.74) is 0.429. The van der Waals surface area contributed by atoms with E-state index in [1.165, 1.54) is 22.5 Å². The van der Waals surface area contributed by atoms with Crippen molar-refractivity contribution in [2.24, 2.45) is 0 Å². The van der Waals surface area contributed by atoms with Crippen LogP contribution in [0.5, 0.6) is 0 Å². The molecule has 30 heavy (non-hydrogen) atoms. The van der Waals surface area contributed by atoms with E-state index in [2.05, 4.69) is 0 Å². The van der Waals surface area contributed by atoms with Crippen LogP contribution in [0.25, 0.3) is 11.1 Å². The first kappa shape index (κ1) is 21.0. The van der Waals surface area contributed by atoms with Gasteiger partial charge in [0.05, 0.1) is 30.2 Å². The molecule has 0 bridgehead atoms. The summed E-state index contributed by atoms with van der Waals surface area (Å²) in [6, 6.07) is 4.19. The van der Waals surface area contributed by atoms with Gasteiger partial charge in [0.1, 0.15) is 6.54 Å². The average Bonchev–Trinajstić information content (AvgIpc) is 3.30. The van der Waals surface area contributed by atoms with Crippen LogP contribution in [0.1, 0.15) is 26.2 Å². The van der Waals surface area contributed by atoms with Gasteiger partial charge < -0.3 is 18.6 Å². The Bertz CT molecular complexity index is 1090. The monoisotopic (exact) mass is 440 g/mol. The maximum atomic E-state index is 13.1. The molecule has 0 radical (unpaired) electrons. The second-order valence-corrected chi connectivity index (χ2v) is 9.25. The van der Waals surface area contributed by atoms with Crippen molar-refractivity contribution >= 4 is 27.1 Å². The van der Waals surface area contributed by atoms with Crippen molar-refractivity contribution in [3.05, 3.63) is 28.7 Å². The number of benzene rings is 1. The maximum Gasteiger partial charge on any atom is 0.420 e. The second kappa shape index (κ2) is 8.14. The summed E-state index contributed by atoms with van der Waals surface area (Å²) in [6.07, 6.45) is 1.59. The Hall–Kier alpha value is -2.21. The fourth-order valence-electron chi connectivity index (χ4n) is 3.75. The summed E-state index contributed by atoms with van der Waals surface area (Å²) in [6.45, 7) is 3.41. The van der Waals surface area contributed by atoms with Crippen molar-refractivity contribution in [1.29, 1.82) is 0 Å². The van der Waals surface area contributed by atoms with Crippen molar-refractivity contribution in [2.45, 2.75) is 43.4 Å². The van der Waals surface area contributed by atoms with Gasteiger partial charge in [-0.3, -0.25) is 9.36 Å². The Kier molecular flexibility index (Phi) is 5.71. The predicted octanol–water partition coefficient (Wildman–Crippen LogP) is 1.08. The molecule has 0 saturated carbocycles. The molecule has 0 amide bonds. The number of hydrogen-bond acceptors (Lipinski definition) is 8. The molecular weight excluding hydrogens is 416 g/mol. The maximum absolute atomic E-state index is 13.1. The molecule has 0 unspecified atom stereocenters. The van der Waals surface area contributed by atoms with E-state index in [-0.39, 0.29) is 36.7 Å². The number of esters is 1. The zero-order valence-corrected chi connectivity index (χ0v) is 17.5. The van der Waals surface area contributed by atoms with Gasteiger partial charge in [-0.05, 0) is 18.6 Å². The summed E-state index contributed by atoms with van der Waals surface area (Å²) in [5.74, 6) is -1.98. The summed E-state index contributed by atoms with van der Waals surface area (Å²) >= 11 is 0. The number of hydrogen-bond donors (Lipinski definition) is 0. The Morgan fingerprint density at radius 2 is 1.90 bits per heavy atom. The van der Waals surface area contributed by atoms with E-state index in [9.17, 15) is 18.0 Å². The quantitative estimate of drug-likeness (QED) is 0.613. The number of piperidine rings is 1. The van der Waals surface area contributed by atoms with Gasteiger partial charge in [0, 0.05) is 32.0 Å². The molecule has 3 heterocycles. The topological polar surface area (TPSA) is 117 Å². The highest BCUT2D eigenvalue weighted by Crippen LogP contribution is 2.33. The Labute approximate surface area is 173 Å². The highest BCUT2D eigenvalue weighted by Gasteiger charge is 2.42. The molecule has 10 nitrogen and oxygen atoms in total. The minimum atomic E-state index is -3.78. The minimum Gasteiger partial charge on any atom is -0.464 e. The van der Waals surface area contributed by atoms with Crippen LogP contribution in [0, 0.1) is 0 Å². The lowest BCUT2D eigenvalue weighted by Gasteiger charge is -2.36. The van der Waals surface area contributed by atoms with E-state index < -0.39 is 27.5 Å². The highest BCUT2D eigenvalue weighted by molar-refractivity contribution is 7.89. The Morgan fingerprint density at radius 3 is 2.57 bits per heavy atom. The van der Waals surface area contributed by atoms with Crippen molar-refractivity contribution in [3.8, 4) is 0 Å². The van der Waals surface area contributed by atoms with Crippen molar-refractivity contribution in [3.63, 3.8) is 0 Å². The molecule has 1 aromatic carbocycles. The van der Waals surface area contributed by atoms with E-state index in [0.717, 1.165) is 4.57 Å². The minimum absolute atomic E-state index is 0.0219. The van der Waals surface area contributed by atoms with Gasteiger partial charge in [-0.2, -0.15) is 4.31 Å². The molecule has 0 aliphatic carbocycles. The SMILES string of the molecule is CCCOC(=O)Cn1c(=O)oc2cc(S(=O)(=O)N3CCC4(CC3)OCCO4)ccc21. The summed E-state index contributed by atoms with van der Waals surface area (Å²) in [7, 11) is -3.78. The van der Waals surface area contributed by atoms with Crippen molar-refractivity contribution in [2.75, 3.05) is 32.9 Å². The van der Waals surface area contributed by atoms with Crippen LogP contribution >= 0.6 is 0 Å². The second-order valence-electron chi connectivity index (χ2n) is 7.32. The third-order valence-electron chi connectivity index (χ3n) is 5.33. The van der Waals surface area contributed by atoms with Crippen LogP contribution in [0.15, 0.2) is 32.3 Å². The smallest absolute Gasteiger partial charge is 0.420 e. The number of nitrogens with zero attached hydrogens (tertiary/aromatic N) is 2. The van der Waals surface area contributed by atoms with Crippen LogP contribution in [-0.4, -0.2) is 62.0 Å². The van der Waals surface area contributed by atoms with Crippen molar-refractivity contribution < 1.29 is 31.8 Å². The molecule has 4 rings (SSSR count). The van der Waals surface area contributed by atoms with Crippen LogP contribution in [0.3, 0.4) is 0 Å². The lowest BCUT2D eigenvalue weighted by atomic mass is 10.1. The third kappa shape index (κ3) is 3.89. The van der Waals surface area contributed by atoms with Gasteiger partial charge in [-0.15, -0.1) is 0 Å². The Balaban J connectivity index is 1.54. The molecule has 11 heteroatoms. The number of fused-ring (bicyclic) bond motifs is 1. The van der Waals surface area contributed by atoms with Gasteiger partial charge in [0.25, 0.3) is 0 Å². The average molecular weight is 440 g/mol. The van der Waals surface area contributed by atoms with Crippen LogP contribution < -0.4 is 5.76 Å². The molecule has 164 valence electrons. The summed E-state index contributed by atoms with van der Waals surface area (Å²) in [4.78, 5) is 24.0. The normalized spacial score (nSPS) is 19.5. The summed E-state index contributed by atoms with van der Waals surface area (Å²) < 4.78 is 50.1. The zero-order valence-electron chi connectivity index (χ0n) is 16.7. The number of aromatic nitrogens is 1. The summed E-state index contributed by atoms with van der Waals surface area (Å²) in [5, 5.41) is 0. The molecule has 2 aliphatic heterocycles. The molecular formula is C19H24N2O8S. The predicted molar refractivity (Wildman–Crippen MR) is 104 cm³/mol. The molecule has 2 aromatic rings. The number of oxazole rings is 1. The number of carbonyl (C=O) groups excluding carboxylic acids is 1. The first-order chi connectivity index (χ1) is 14.3. The van der Waals surface area contributed by atoms with Crippen LogP contribution in [0.2, 0.25) is 0 Å². The zero-order chi connectivity index (χ0) is 21.4. The van der Waals surface area contributed by atoms with E-state index in [0.29, 0.717) is 38.0 Å². The van der Waals surface area contributed by atoms with Crippen LogP contribution in [-0.2, 0) is 35.6 Å². The first-order valence-electron chi connectivity index (χ1n) is 9.92. The molecule has 2 aliphatic rings. The number of sulfonamides is 1. The lowest BCUT2D eigenvalue weighted by Crippen LogP contribution is -2.47. The van der Waals surface area contributed by atoms with Crippen LogP contribution in [0.4, 0.5) is 0 Å². The van der Waals surface area contributed by atoms with Crippen molar-refractivity contribution in [1.82, 2.24) is 8.87 Å². The van der Waals surface area contributed by atoms with Gasteiger partial charge >= 0.3 is 11.7 Å². The van der Waals surface area contributed by atoms with Gasteiger partial charge in [0.2, 0.25) is 10.0 Å². The lowest BCUT2D eigenvalue weighted by molar-refractivity contribution is -0.179. The largest absolute Gasteiger partial charge is 0.464 e. The van der Waals surface area contributed by atoms with Gasteiger partial charge in [0.15, 0.2) is 11.4 Å².